The molecule has 1 amide bonds. The second-order valence-electron chi connectivity index (χ2n) is 5.62. The molecule has 0 aliphatic heterocycles. The summed E-state index contributed by atoms with van der Waals surface area (Å²) in [5.41, 5.74) is 2.76. The van der Waals surface area contributed by atoms with E-state index in [0.717, 1.165) is 22.1 Å². The van der Waals surface area contributed by atoms with E-state index in [9.17, 15) is 4.79 Å². The zero-order valence-corrected chi connectivity index (χ0v) is 18.2. The van der Waals surface area contributed by atoms with Gasteiger partial charge in [-0.25, -0.2) is 0 Å². The Labute approximate surface area is 176 Å². The number of carbonyl (C=O) groups is 1. The molecule has 2 aromatic carbocycles. The molecule has 140 valence electrons. The van der Waals surface area contributed by atoms with Crippen LogP contribution < -0.4 is 10.6 Å². The largest absolute Gasteiger partial charge is 0.355 e. The molecule has 7 heteroatoms. The topological polar surface area (TPSA) is 56.7 Å². The van der Waals surface area contributed by atoms with Gasteiger partial charge in [-0.3, -0.25) is 9.79 Å². The maximum atomic E-state index is 11.6. The Kier molecular flexibility index (Phi) is 9.43. The Hall–Kier alpha value is -1.80. The van der Waals surface area contributed by atoms with Gasteiger partial charge < -0.3 is 15.5 Å². The number of hydrogen-bond donors (Lipinski definition) is 2. The number of rotatable bonds is 5. The summed E-state index contributed by atoms with van der Waals surface area (Å²) in [6.07, 6.45) is 0. The highest BCUT2D eigenvalue weighted by Gasteiger charge is 2.09. The van der Waals surface area contributed by atoms with E-state index in [2.05, 4.69) is 15.6 Å². The van der Waals surface area contributed by atoms with Crippen LogP contribution in [0, 0.1) is 0 Å². The monoisotopic (exact) mass is 486 g/mol. The van der Waals surface area contributed by atoms with Gasteiger partial charge in [0, 0.05) is 44.8 Å². The molecule has 0 aliphatic rings. The van der Waals surface area contributed by atoms with Crippen LogP contribution in [0.3, 0.4) is 0 Å². The minimum atomic E-state index is -0.0882. The first-order chi connectivity index (χ1) is 12.0. The van der Waals surface area contributed by atoms with Crippen molar-refractivity contribution in [2.75, 3.05) is 21.1 Å². The van der Waals surface area contributed by atoms with Gasteiger partial charge in [-0.2, -0.15) is 0 Å². The molecule has 26 heavy (non-hydrogen) atoms. The minimum absolute atomic E-state index is 0. The first-order valence-corrected chi connectivity index (χ1v) is 8.39. The Morgan fingerprint density at radius 1 is 1.15 bits per heavy atom. The maximum absolute atomic E-state index is 11.6. The van der Waals surface area contributed by atoms with Crippen LogP contribution in [0.25, 0.3) is 0 Å². The van der Waals surface area contributed by atoms with Gasteiger partial charge in [-0.15, -0.1) is 24.0 Å². The highest BCUT2D eigenvalue weighted by molar-refractivity contribution is 14.0. The summed E-state index contributed by atoms with van der Waals surface area (Å²) < 4.78 is 0. The molecule has 2 aromatic rings. The van der Waals surface area contributed by atoms with E-state index >= 15 is 0 Å². The van der Waals surface area contributed by atoms with Gasteiger partial charge in [0.15, 0.2) is 5.96 Å². The second kappa shape index (κ2) is 11.0. The SMILES string of the molecule is CN=C(NCc1ccc(C(=O)NC)cc1)N(C)Cc1ccccc1Cl.I. The molecule has 0 spiro atoms. The lowest BCUT2D eigenvalue weighted by molar-refractivity contribution is 0.0963. The van der Waals surface area contributed by atoms with E-state index in [0.29, 0.717) is 18.7 Å². The molecule has 0 atom stereocenters. The maximum Gasteiger partial charge on any atom is 0.251 e. The summed E-state index contributed by atoms with van der Waals surface area (Å²) in [5, 5.41) is 6.68. The number of halogens is 2. The third kappa shape index (κ3) is 6.17. The number of carbonyl (C=O) groups excluding carboxylic acids is 1. The van der Waals surface area contributed by atoms with Crippen molar-refractivity contribution in [2.24, 2.45) is 4.99 Å². The van der Waals surface area contributed by atoms with Crippen LogP contribution in [-0.2, 0) is 13.1 Å². The third-order valence-electron chi connectivity index (χ3n) is 3.83. The van der Waals surface area contributed by atoms with E-state index in [1.165, 1.54) is 0 Å². The average Bonchev–Trinajstić information content (AvgIpc) is 2.64. The number of nitrogens with one attached hydrogen (secondary N) is 2. The smallest absolute Gasteiger partial charge is 0.251 e. The van der Waals surface area contributed by atoms with Crippen LogP contribution in [0.4, 0.5) is 0 Å². The number of amides is 1. The van der Waals surface area contributed by atoms with E-state index < -0.39 is 0 Å². The van der Waals surface area contributed by atoms with Gasteiger partial charge in [0.2, 0.25) is 0 Å². The second-order valence-corrected chi connectivity index (χ2v) is 6.03. The van der Waals surface area contributed by atoms with Crippen molar-refractivity contribution < 1.29 is 4.79 Å². The van der Waals surface area contributed by atoms with Crippen LogP contribution >= 0.6 is 35.6 Å². The fourth-order valence-corrected chi connectivity index (χ4v) is 2.64. The predicted molar refractivity (Wildman–Crippen MR) is 118 cm³/mol. The van der Waals surface area contributed by atoms with E-state index in [-0.39, 0.29) is 29.9 Å². The number of nitrogens with zero attached hydrogens (tertiary/aromatic N) is 2. The molecule has 0 aromatic heterocycles. The fourth-order valence-electron chi connectivity index (χ4n) is 2.44. The lowest BCUT2D eigenvalue weighted by atomic mass is 10.1. The first-order valence-electron chi connectivity index (χ1n) is 8.01. The molecule has 0 bridgehead atoms. The zero-order valence-electron chi connectivity index (χ0n) is 15.1. The summed E-state index contributed by atoms with van der Waals surface area (Å²) in [4.78, 5) is 17.9. The van der Waals surface area contributed by atoms with Gasteiger partial charge in [0.25, 0.3) is 5.91 Å². The van der Waals surface area contributed by atoms with Gasteiger partial charge in [-0.05, 0) is 29.3 Å². The molecular weight excluding hydrogens is 463 g/mol. The Morgan fingerprint density at radius 3 is 2.38 bits per heavy atom. The summed E-state index contributed by atoms with van der Waals surface area (Å²) in [7, 11) is 5.34. The molecule has 2 N–H and O–H groups in total. The molecule has 0 aliphatic carbocycles. The van der Waals surface area contributed by atoms with Crippen molar-refractivity contribution in [1.82, 2.24) is 15.5 Å². The molecule has 0 heterocycles. The Morgan fingerprint density at radius 2 is 1.81 bits per heavy atom. The van der Waals surface area contributed by atoms with Gasteiger partial charge in [0.05, 0.1) is 0 Å². The summed E-state index contributed by atoms with van der Waals surface area (Å²) in [5.74, 6) is 0.685. The molecule has 0 saturated carbocycles. The normalized spacial score (nSPS) is 10.7. The molecule has 2 rings (SSSR count). The first kappa shape index (κ1) is 22.2. The van der Waals surface area contributed by atoms with Gasteiger partial charge in [0.1, 0.15) is 0 Å². The van der Waals surface area contributed by atoms with Crippen molar-refractivity contribution in [3.63, 3.8) is 0 Å². The number of hydrogen-bond acceptors (Lipinski definition) is 2. The number of benzene rings is 2. The van der Waals surface area contributed by atoms with Crippen LogP contribution in [0.5, 0.6) is 0 Å². The van der Waals surface area contributed by atoms with Gasteiger partial charge in [-0.1, -0.05) is 41.9 Å². The molecule has 0 fully saturated rings. The quantitative estimate of drug-likeness (QED) is 0.386. The van der Waals surface area contributed by atoms with Crippen LogP contribution in [0.2, 0.25) is 5.02 Å². The van der Waals surface area contributed by atoms with E-state index in [1.54, 1.807) is 14.1 Å². The van der Waals surface area contributed by atoms with E-state index in [1.807, 2.05) is 60.5 Å². The lowest BCUT2D eigenvalue weighted by Crippen LogP contribution is -2.38. The summed E-state index contributed by atoms with van der Waals surface area (Å²) in [6, 6.07) is 15.3. The van der Waals surface area contributed by atoms with Crippen molar-refractivity contribution >= 4 is 47.4 Å². The van der Waals surface area contributed by atoms with Gasteiger partial charge >= 0.3 is 0 Å². The lowest BCUT2D eigenvalue weighted by Gasteiger charge is -2.22. The number of guanidine groups is 1. The number of aliphatic imine (C=N–C) groups is 1. The van der Waals surface area contributed by atoms with Crippen molar-refractivity contribution in [3.05, 3.63) is 70.2 Å². The molecule has 0 radical (unpaired) electrons. The molecule has 5 nitrogen and oxygen atoms in total. The molecular formula is C19H24ClIN4O. The molecule has 0 unspecified atom stereocenters. The average molecular weight is 487 g/mol. The van der Waals surface area contributed by atoms with Crippen LogP contribution in [0.15, 0.2) is 53.5 Å². The summed E-state index contributed by atoms with van der Waals surface area (Å²) >= 11 is 6.22. The predicted octanol–water partition coefficient (Wildman–Crippen LogP) is 3.53. The molecule has 0 saturated heterocycles. The zero-order chi connectivity index (χ0) is 18.2. The van der Waals surface area contributed by atoms with Crippen LogP contribution in [-0.4, -0.2) is 37.9 Å². The Bertz CT molecular complexity index is 749. The van der Waals surface area contributed by atoms with Crippen molar-refractivity contribution in [1.29, 1.82) is 0 Å². The van der Waals surface area contributed by atoms with Crippen molar-refractivity contribution in [2.45, 2.75) is 13.1 Å². The fraction of sp³-hybridized carbons (Fsp3) is 0.263. The standard InChI is InChI=1S/C19H23ClN4O.HI/c1-21-18(25)15-10-8-14(9-11-15)12-23-19(22-2)24(3)13-16-6-4-5-7-17(16)20;/h4-11H,12-13H2,1-3H3,(H,21,25)(H,22,23);1H. The Balaban J connectivity index is 0.00000338. The highest BCUT2D eigenvalue weighted by Crippen LogP contribution is 2.16. The van der Waals surface area contributed by atoms with Crippen molar-refractivity contribution in [3.8, 4) is 0 Å². The van der Waals surface area contributed by atoms with Crippen LogP contribution in [0.1, 0.15) is 21.5 Å². The van der Waals surface area contributed by atoms with E-state index in [4.69, 9.17) is 11.6 Å². The third-order valence-corrected chi connectivity index (χ3v) is 4.20. The summed E-state index contributed by atoms with van der Waals surface area (Å²) in [6.45, 7) is 1.28. The highest BCUT2D eigenvalue weighted by atomic mass is 127. The minimum Gasteiger partial charge on any atom is -0.355 e.